The molecule has 2 rings (SSSR count). The minimum Gasteiger partial charge on any atom is -0.424 e. The van der Waals surface area contributed by atoms with E-state index in [4.69, 9.17) is 4.74 Å². The van der Waals surface area contributed by atoms with Crippen molar-refractivity contribution in [3.05, 3.63) is 47.8 Å². The van der Waals surface area contributed by atoms with Crippen LogP contribution in [0.4, 0.5) is 0 Å². The molecular formula is C16H21N3O. The van der Waals surface area contributed by atoms with Gasteiger partial charge in [-0.25, -0.2) is 9.97 Å². The molecule has 2 aromatic rings. The highest BCUT2D eigenvalue weighted by Crippen LogP contribution is 2.18. The molecule has 1 N–H and O–H groups in total. The molecule has 0 fully saturated rings. The molecule has 0 saturated carbocycles. The van der Waals surface area contributed by atoms with Gasteiger partial charge in [0, 0.05) is 24.5 Å². The molecule has 4 heteroatoms. The summed E-state index contributed by atoms with van der Waals surface area (Å²) in [6, 6.07) is 8.38. The molecule has 1 heterocycles. The van der Waals surface area contributed by atoms with Gasteiger partial charge in [0.15, 0.2) is 0 Å². The lowest BCUT2D eigenvalue weighted by Gasteiger charge is -2.06. The van der Waals surface area contributed by atoms with Crippen LogP contribution in [0.3, 0.4) is 0 Å². The number of aromatic nitrogens is 2. The van der Waals surface area contributed by atoms with E-state index >= 15 is 0 Å². The highest BCUT2D eigenvalue weighted by atomic mass is 16.5. The Morgan fingerprint density at radius 1 is 1.00 bits per heavy atom. The van der Waals surface area contributed by atoms with E-state index in [9.17, 15) is 0 Å². The van der Waals surface area contributed by atoms with Gasteiger partial charge in [-0.15, -0.1) is 0 Å². The van der Waals surface area contributed by atoms with E-state index in [2.05, 4.69) is 41.3 Å². The Balaban J connectivity index is 1.92. The molecule has 0 amide bonds. The van der Waals surface area contributed by atoms with Crippen LogP contribution < -0.4 is 10.1 Å². The zero-order valence-electron chi connectivity index (χ0n) is 12.1. The molecule has 20 heavy (non-hydrogen) atoms. The number of hydrogen-bond donors (Lipinski definition) is 1. The smallest absolute Gasteiger partial charge is 0.321 e. The first kappa shape index (κ1) is 14.5. The van der Waals surface area contributed by atoms with Crippen molar-refractivity contribution in [2.75, 3.05) is 6.54 Å². The molecule has 0 atom stereocenters. The Labute approximate surface area is 120 Å². The number of benzene rings is 1. The van der Waals surface area contributed by atoms with E-state index in [1.807, 2.05) is 12.1 Å². The van der Waals surface area contributed by atoms with Crippen molar-refractivity contribution < 1.29 is 4.74 Å². The maximum atomic E-state index is 5.62. The quantitative estimate of drug-likeness (QED) is 0.785. The number of aryl methyl sites for hydroxylation is 1. The SMILES string of the molecule is CCCNCc1cnc(Oc2ccc(CC)cc2)nc1. The first-order valence-corrected chi connectivity index (χ1v) is 7.10. The molecular weight excluding hydrogens is 250 g/mol. The Bertz CT molecular complexity index is 508. The topological polar surface area (TPSA) is 47.0 Å². The number of nitrogens with zero attached hydrogens (tertiary/aromatic N) is 2. The zero-order valence-corrected chi connectivity index (χ0v) is 12.1. The van der Waals surface area contributed by atoms with Crippen molar-refractivity contribution in [2.45, 2.75) is 33.2 Å². The fourth-order valence-corrected chi connectivity index (χ4v) is 1.80. The van der Waals surface area contributed by atoms with E-state index in [1.54, 1.807) is 12.4 Å². The first-order chi connectivity index (χ1) is 9.81. The summed E-state index contributed by atoms with van der Waals surface area (Å²) in [5.74, 6) is 0.763. The van der Waals surface area contributed by atoms with Crippen molar-refractivity contribution in [1.29, 1.82) is 0 Å². The normalized spacial score (nSPS) is 10.5. The molecule has 0 spiro atoms. The van der Waals surface area contributed by atoms with Crippen LogP contribution in [0.15, 0.2) is 36.7 Å². The fraction of sp³-hybridized carbons (Fsp3) is 0.375. The predicted octanol–water partition coefficient (Wildman–Crippen LogP) is 3.33. The summed E-state index contributed by atoms with van der Waals surface area (Å²) < 4.78 is 5.62. The average Bonchev–Trinajstić information content (AvgIpc) is 2.50. The van der Waals surface area contributed by atoms with Crippen LogP contribution in [-0.2, 0) is 13.0 Å². The molecule has 0 aliphatic heterocycles. The van der Waals surface area contributed by atoms with Crippen LogP contribution in [0.5, 0.6) is 11.8 Å². The zero-order chi connectivity index (χ0) is 14.2. The van der Waals surface area contributed by atoms with Crippen LogP contribution in [0.2, 0.25) is 0 Å². The Kier molecular flexibility index (Phi) is 5.50. The van der Waals surface area contributed by atoms with Gasteiger partial charge in [0.25, 0.3) is 0 Å². The Morgan fingerprint density at radius 2 is 1.70 bits per heavy atom. The molecule has 0 aliphatic rings. The van der Waals surface area contributed by atoms with Crippen molar-refractivity contribution >= 4 is 0 Å². The van der Waals surface area contributed by atoms with Gasteiger partial charge in [0.2, 0.25) is 0 Å². The molecule has 1 aromatic carbocycles. The van der Waals surface area contributed by atoms with Crippen LogP contribution in [0.25, 0.3) is 0 Å². The summed E-state index contributed by atoms with van der Waals surface area (Å²) >= 11 is 0. The van der Waals surface area contributed by atoms with Gasteiger partial charge in [0.05, 0.1) is 0 Å². The van der Waals surface area contributed by atoms with Crippen LogP contribution in [0.1, 0.15) is 31.4 Å². The molecule has 106 valence electrons. The minimum absolute atomic E-state index is 0.383. The summed E-state index contributed by atoms with van der Waals surface area (Å²) in [4.78, 5) is 8.44. The van der Waals surface area contributed by atoms with Crippen molar-refractivity contribution in [3.8, 4) is 11.8 Å². The van der Waals surface area contributed by atoms with Crippen LogP contribution in [-0.4, -0.2) is 16.5 Å². The molecule has 0 radical (unpaired) electrons. The highest BCUT2D eigenvalue weighted by Gasteiger charge is 2.01. The number of hydrogen-bond acceptors (Lipinski definition) is 4. The third kappa shape index (κ3) is 4.31. The Morgan fingerprint density at radius 3 is 2.30 bits per heavy atom. The second kappa shape index (κ2) is 7.60. The lowest BCUT2D eigenvalue weighted by atomic mass is 10.2. The third-order valence-corrected chi connectivity index (χ3v) is 2.98. The van der Waals surface area contributed by atoms with Gasteiger partial charge in [-0.3, -0.25) is 0 Å². The van der Waals surface area contributed by atoms with Gasteiger partial charge in [0.1, 0.15) is 5.75 Å². The monoisotopic (exact) mass is 271 g/mol. The molecule has 0 unspecified atom stereocenters. The van der Waals surface area contributed by atoms with E-state index in [-0.39, 0.29) is 0 Å². The second-order valence-corrected chi connectivity index (χ2v) is 4.65. The summed E-state index contributed by atoms with van der Waals surface area (Å²) in [5.41, 5.74) is 2.35. The van der Waals surface area contributed by atoms with Gasteiger partial charge in [-0.05, 0) is 37.1 Å². The molecule has 4 nitrogen and oxygen atoms in total. The summed E-state index contributed by atoms with van der Waals surface area (Å²) in [5, 5.41) is 3.31. The fourth-order valence-electron chi connectivity index (χ4n) is 1.80. The molecule has 1 aromatic heterocycles. The largest absolute Gasteiger partial charge is 0.424 e. The second-order valence-electron chi connectivity index (χ2n) is 4.65. The third-order valence-electron chi connectivity index (χ3n) is 2.98. The van der Waals surface area contributed by atoms with Gasteiger partial charge >= 0.3 is 6.01 Å². The van der Waals surface area contributed by atoms with E-state index in [0.717, 1.165) is 37.2 Å². The molecule has 0 saturated heterocycles. The van der Waals surface area contributed by atoms with E-state index in [0.29, 0.717) is 6.01 Å². The van der Waals surface area contributed by atoms with Crippen LogP contribution >= 0.6 is 0 Å². The lowest BCUT2D eigenvalue weighted by molar-refractivity contribution is 0.440. The summed E-state index contributed by atoms with van der Waals surface area (Å²) in [6.07, 6.45) is 5.74. The first-order valence-electron chi connectivity index (χ1n) is 7.10. The number of rotatable bonds is 7. The van der Waals surface area contributed by atoms with Crippen molar-refractivity contribution in [2.24, 2.45) is 0 Å². The number of ether oxygens (including phenoxy) is 1. The standard InChI is InChI=1S/C16H21N3O/c1-3-9-17-10-14-11-18-16(19-12-14)20-15-7-5-13(4-2)6-8-15/h5-8,11-12,17H,3-4,9-10H2,1-2H3. The van der Waals surface area contributed by atoms with Crippen molar-refractivity contribution in [1.82, 2.24) is 15.3 Å². The van der Waals surface area contributed by atoms with E-state index in [1.165, 1.54) is 5.56 Å². The van der Waals surface area contributed by atoms with Gasteiger partial charge < -0.3 is 10.1 Å². The summed E-state index contributed by atoms with van der Waals surface area (Å²) in [6.45, 7) is 6.07. The average molecular weight is 271 g/mol. The maximum Gasteiger partial charge on any atom is 0.321 e. The predicted molar refractivity (Wildman–Crippen MR) is 79.9 cm³/mol. The number of nitrogens with one attached hydrogen (secondary N) is 1. The van der Waals surface area contributed by atoms with Gasteiger partial charge in [-0.1, -0.05) is 26.0 Å². The lowest BCUT2D eigenvalue weighted by Crippen LogP contribution is -2.14. The molecule has 0 bridgehead atoms. The minimum atomic E-state index is 0.383. The molecule has 0 aliphatic carbocycles. The van der Waals surface area contributed by atoms with Crippen LogP contribution in [0, 0.1) is 0 Å². The Hall–Kier alpha value is -1.94. The van der Waals surface area contributed by atoms with E-state index < -0.39 is 0 Å². The van der Waals surface area contributed by atoms with Crippen molar-refractivity contribution in [3.63, 3.8) is 0 Å². The van der Waals surface area contributed by atoms with Gasteiger partial charge in [-0.2, -0.15) is 0 Å². The highest BCUT2D eigenvalue weighted by molar-refractivity contribution is 5.29. The maximum absolute atomic E-state index is 5.62. The summed E-state index contributed by atoms with van der Waals surface area (Å²) in [7, 11) is 0.